The van der Waals surface area contributed by atoms with Gasteiger partial charge < -0.3 is 21.1 Å². The molecule has 0 saturated heterocycles. The molecule has 104 valence electrons. The van der Waals surface area contributed by atoms with Gasteiger partial charge in [-0.2, -0.15) is 0 Å². The van der Waals surface area contributed by atoms with Crippen molar-refractivity contribution in [3.8, 4) is 0 Å². The number of rotatable bonds is 6. The van der Waals surface area contributed by atoms with Crippen LogP contribution >= 0.6 is 0 Å². The summed E-state index contributed by atoms with van der Waals surface area (Å²) in [6, 6.07) is -0.965. The molecule has 0 aromatic rings. The van der Waals surface area contributed by atoms with E-state index in [1.807, 2.05) is 0 Å². The first-order valence-electron chi connectivity index (χ1n) is 5.72. The van der Waals surface area contributed by atoms with Crippen LogP contribution in [-0.2, 0) is 9.59 Å². The average Bonchev–Trinajstić information content (AvgIpc) is 2.15. The largest absolute Gasteiger partial charge is 0.480 e. The van der Waals surface area contributed by atoms with Gasteiger partial charge in [0.15, 0.2) is 0 Å². The summed E-state index contributed by atoms with van der Waals surface area (Å²) in [6.45, 7) is 6.44. The predicted octanol–water partition coefficient (Wildman–Crippen LogP) is 0.145. The number of carbonyl (C=O) groups is 3. The molecule has 3 amide bonds. The summed E-state index contributed by atoms with van der Waals surface area (Å²) in [4.78, 5) is 34.9. The van der Waals surface area contributed by atoms with Crippen molar-refractivity contribution < 1.29 is 19.5 Å². The standard InChI is InChI=1S/C11H21N3O4/c1-5-14(11(3,4)9(16)17)10(18)13-7(2)6-8(12)15/h7H,5-6H2,1-4H3,(H2,12,15)(H,13,18)(H,16,17). The van der Waals surface area contributed by atoms with Gasteiger partial charge in [-0.15, -0.1) is 0 Å². The van der Waals surface area contributed by atoms with Crippen LogP contribution in [0.2, 0.25) is 0 Å². The Hall–Kier alpha value is -1.79. The van der Waals surface area contributed by atoms with Crippen LogP contribution in [0.5, 0.6) is 0 Å². The van der Waals surface area contributed by atoms with Gasteiger partial charge in [0.1, 0.15) is 5.54 Å². The third kappa shape index (κ3) is 4.23. The Morgan fingerprint density at radius 3 is 2.22 bits per heavy atom. The fourth-order valence-corrected chi connectivity index (χ4v) is 1.55. The Morgan fingerprint density at radius 2 is 1.89 bits per heavy atom. The van der Waals surface area contributed by atoms with Crippen LogP contribution in [-0.4, -0.2) is 46.0 Å². The Bertz CT molecular complexity index is 341. The highest BCUT2D eigenvalue weighted by Gasteiger charge is 2.37. The van der Waals surface area contributed by atoms with Crippen molar-refractivity contribution in [3.05, 3.63) is 0 Å². The zero-order valence-corrected chi connectivity index (χ0v) is 11.2. The van der Waals surface area contributed by atoms with Crippen molar-refractivity contribution in [1.82, 2.24) is 10.2 Å². The van der Waals surface area contributed by atoms with Crippen molar-refractivity contribution in [3.63, 3.8) is 0 Å². The highest BCUT2D eigenvalue weighted by molar-refractivity contribution is 5.86. The number of nitrogens with two attached hydrogens (primary N) is 1. The molecule has 0 aromatic carbocycles. The van der Waals surface area contributed by atoms with Gasteiger partial charge in [0.2, 0.25) is 5.91 Å². The molecule has 0 rings (SSSR count). The molecule has 18 heavy (non-hydrogen) atoms. The first-order valence-corrected chi connectivity index (χ1v) is 5.72. The molecule has 0 aliphatic rings. The number of primary amides is 1. The van der Waals surface area contributed by atoms with Crippen molar-refractivity contribution in [2.75, 3.05) is 6.54 Å². The van der Waals surface area contributed by atoms with Crippen LogP contribution in [0, 0.1) is 0 Å². The second kappa shape index (κ2) is 6.23. The maximum atomic E-state index is 11.9. The topological polar surface area (TPSA) is 113 Å². The van der Waals surface area contributed by atoms with Gasteiger partial charge in [0.05, 0.1) is 0 Å². The first-order chi connectivity index (χ1) is 8.12. The third-order valence-corrected chi connectivity index (χ3v) is 2.64. The summed E-state index contributed by atoms with van der Waals surface area (Å²) in [5.74, 6) is -1.62. The van der Waals surface area contributed by atoms with Gasteiger partial charge in [-0.05, 0) is 27.7 Å². The minimum absolute atomic E-state index is 0.0107. The Balaban J connectivity index is 4.73. The molecule has 1 atom stereocenters. The molecular weight excluding hydrogens is 238 g/mol. The van der Waals surface area contributed by atoms with E-state index < -0.39 is 29.5 Å². The van der Waals surface area contributed by atoms with Crippen molar-refractivity contribution in [2.24, 2.45) is 5.73 Å². The second-order valence-electron chi connectivity index (χ2n) is 4.63. The molecule has 0 heterocycles. The van der Waals surface area contributed by atoms with Crippen LogP contribution in [0.15, 0.2) is 0 Å². The number of carboxylic acids is 1. The molecule has 0 bridgehead atoms. The van der Waals surface area contributed by atoms with Crippen molar-refractivity contribution in [2.45, 2.75) is 45.7 Å². The summed E-state index contributed by atoms with van der Waals surface area (Å²) in [5.41, 5.74) is 3.70. The van der Waals surface area contributed by atoms with Crippen LogP contribution < -0.4 is 11.1 Å². The monoisotopic (exact) mass is 259 g/mol. The van der Waals surface area contributed by atoms with E-state index in [1.165, 1.54) is 18.7 Å². The maximum Gasteiger partial charge on any atom is 0.329 e. The lowest BCUT2D eigenvalue weighted by atomic mass is 10.0. The highest BCUT2D eigenvalue weighted by atomic mass is 16.4. The van der Waals surface area contributed by atoms with Crippen molar-refractivity contribution >= 4 is 17.9 Å². The fourth-order valence-electron chi connectivity index (χ4n) is 1.55. The Morgan fingerprint density at radius 1 is 1.39 bits per heavy atom. The number of hydrogen-bond acceptors (Lipinski definition) is 3. The van der Waals surface area contributed by atoms with E-state index in [0.717, 1.165) is 0 Å². The zero-order valence-electron chi connectivity index (χ0n) is 11.2. The van der Waals surface area contributed by atoms with Crippen LogP contribution in [0.4, 0.5) is 4.79 Å². The lowest BCUT2D eigenvalue weighted by Gasteiger charge is -2.34. The van der Waals surface area contributed by atoms with Gasteiger partial charge in [0.25, 0.3) is 0 Å². The molecule has 7 heteroatoms. The SMILES string of the molecule is CCN(C(=O)NC(C)CC(N)=O)C(C)(C)C(=O)O. The molecular formula is C11H21N3O4. The molecule has 0 aliphatic carbocycles. The molecule has 0 aliphatic heterocycles. The summed E-state index contributed by atoms with van der Waals surface area (Å²) >= 11 is 0. The van der Waals surface area contributed by atoms with Gasteiger partial charge in [-0.1, -0.05) is 0 Å². The predicted molar refractivity (Wildman–Crippen MR) is 65.9 cm³/mol. The molecule has 1 unspecified atom stereocenters. The van der Waals surface area contributed by atoms with E-state index in [1.54, 1.807) is 13.8 Å². The van der Waals surface area contributed by atoms with Gasteiger partial charge >= 0.3 is 12.0 Å². The summed E-state index contributed by atoms with van der Waals surface area (Å²) in [5, 5.41) is 11.6. The van der Waals surface area contributed by atoms with E-state index >= 15 is 0 Å². The molecule has 4 N–H and O–H groups in total. The van der Waals surface area contributed by atoms with Gasteiger partial charge in [0, 0.05) is 19.0 Å². The number of hydrogen-bond donors (Lipinski definition) is 3. The maximum absolute atomic E-state index is 11.9. The number of aliphatic carboxylic acids is 1. The number of amides is 3. The summed E-state index contributed by atoms with van der Waals surface area (Å²) < 4.78 is 0. The zero-order chi connectivity index (χ0) is 14.5. The number of nitrogens with zero attached hydrogens (tertiary/aromatic N) is 1. The lowest BCUT2D eigenvalue weighted by Crippen LogP contribution is -2.57. The third-order valence-electron chi connectivity index (χ3n) is 2.64. The van der Waals surface area contributed by atoms with Crippen LogP contribution in [0.25, 0.3) is 0 Å². The Labute approximate surface area is 106 Å². The molecule has 0 aromatic heterocycles. The average molecular weight is 259 g/mol. The minimum atomic E-state index is -1.31. The number of nitrogens with one attached hydrogen (secondary N) is 1. The van der Waals surface area contributed by atoms with E-state index in [4.69, 9.17) is 10.8 Å². The fraction of sp³-hybridized carbons (Fsp3) is 0.727. The second-order valence-corrected chi connectivity index (χ2v) is 4.63. The van der Waals surface area contributed by atoms with Crippen LogP contribution in [0.3, 0.4) is 0 Å². The van der Waals surface area contributed by atoms with Gasteiger partial charge in [-0.25, -0.2) is 9.59 Å². The lowest BCUT2D eigenvalue weighted by molar-refractivity contribution is -0.147. The van der Waals surface area contributed by atoms with Crippen molar-refractivity contribution in [1.29, 1.82) is 0 Å². The molecule has 0 radical (unpaired) electrons. The Kier molecular flexibility index (Phi) is 5.61. The molecule has 0 fully saturated rings. The number of carbonyl (C=O) groups excluding carboxylic acids is 2. The van der Waals surface area contributed by atoms with Crippen LogP contribution in [0.1, 0.15) is 34.1 Å². The summed E-state index contributed by atoms with van der Waals surface area (Å²) in [7, 11) is 0. The smallest absolute Gasteiger partial charge is 0.329 e. The minimum Gasteiger partial charge on any atom is -0.480 e. The molecule has 7 nitrogen and oxygen atoms in total. The van der Waals surface area contributed by atoms with Gasteiger partial charge in [-0.3, -0.25) is 4.79 Å². The highest BCUT2D eigenvalue weighted by Crippen LogP contribution is 2.14. The number of likely N-dealkylation sites (N-methyl/N-ethyl adjacent to an activating group) is 1. The van der Waals surface area contributed by atoms with E-state index in [9.17, 15) is 14.4 Å². The molecule has 0 saturated carbocycles. The van der Waals surface area contributed by atoms with E-state index in [-0.39, 0.29) is 13.0 Å². The van der Waals surface area contributed by atoms with E-state index in [0.29, 0.717) is 0 Å². The first kappa shape index (κ1) is 16.2. The molecule has 0 spiro atoms. The normalized spacial score (nSPS) is 12.7. The quantitative estimate of drug-likeness (QED) is 0.630. The van der Waals surface area contributed by atoms with E-state index in [2.05, 4.69) is 5.32 Å². The number of carboxylic acid groups (broad SMARTS) is 1. The summed E-state index contributed by atoms with van der Waals surface area (Å²) in [6.07, 6.45) is 0.0107. The number of urea groups is 1.